The zero-order valence-corrected chi connectivity index (χ0v) is 7.07. The summed E-state index contributed by atoms with van der Waals surface area (Å²) in [6.07, 6.45) is 11.5. The Kier molecular flexibility index (Phi) is 2.03. The Balaban J connectivity index is 1.85. The van der Waals surface area contributed by atoms with Crippen molar-refractivity contribution in [3.05, 3.63) is 24.3 Å². The maximum atomic E-state index is 9.84. The van der Waals surface area contributed by atoms with Gasteiger partial charge >= 0.3 is 0 Å². The van der Waals surface area contributed by atoms with Crippen molar-refractivity contribution in [2.75, 3.05) is 0 Å². The molecular formula is C10H14O2. The van der Waals surface area contributed by atoms with Crippen molar-refractivity contribution in [1.82, 2.24) is 0 Å². The molecule has 0 spiro atoms. The minimum absolute atomic E-state index is 0.204. The van der Waals surface area contributed by atoms with E-state index >= 15 is 0 Å². The average Bonchev–Trinajstić information content (AvgIpc) is 2.62. The molecular weight excluding hydrogens is 152 g/mol. The Morgan fingerprint density at radius 2 is 1.67 bits per heavy atom. The fourth-order valence-electron chi connectivity index (χ4n) is 1.71. The van der Waals surface area contributed by atoms with Gasteiger partial charge in [0.15, 0.2) is 5.79 Å². The van der Waals surface area contributed by atoms with Gasteiger partial charge in [-0.3, -0.25) is 0 Å². The predicted octanol–water partition coefficient (Wildman–Crippen LogP) is 1.76. The molecule has 2 heteroatoms. The first-order valence-electron chi connectivity index (χ1n) is 4.49. The molecule has 0 aromatic heterocycles. The highest BCUT2D eigenvalue weighted by Gasteiger charge is 2.31. The third kappa shape index (κ3) is 1.59. The van der Waals surface area contributed by atoms with E-state index in [1.807, 2.05) is 12.2 Å². The Morgan fingerprint density at radius 1 is 1.08 bits per heavy atom. The molecule has 66 valence electrons. The van der Waals surface area contributed by atoms with E-state index in [1.54, 1.807) is 0 Å². The fraction of sp³-hybridized carbons (Fsp3) is 0.600. The van der Waals surface area contributed by atoms with Gasteiger partial charge in [0.1, 0.15) is 0 Å². The minimum Gasteiger partial charge on any atom is -0.365 e. The van der Waals surface area contributed by atoms with Gasteiger partial charge in [-0.25, -0.2) is 0 Å². The summed E-state index contributed by atoms with van der Waals surface area (Å²) in [4.78, 5) is 0. The maximum absolute atomic E-state index is 9.84. The zero-order chi connectivity index (χ0) is 8.44. The van der Waals surface area contributed by atoms with Crippen molar-refractivity contribution in [2.45, 2.75) is 37.6 Å². The topological polar surface area (TPSA) is 29.5 Å². The van der Waals surface area contributed by atoms with Crippen molar-refractivity contribution < 1.29 is 9.84 Å². The largest absolute Gasteiger partial charge is 0.365 e. The van der Waals surface area contributed by atoms with Gasteiger partial charge in [-0.15, -0.1) is 0 Å². The molecule has 0 fully saturated rings. The van der Waals surface area contributed by atoms with Gasteiger partial charge in [-0.05, 0) is 12.8 Å². The Hall–Kier alpha value is -0.600. The van der Waals surface area contributed by atoms with Crippen LogP contribution in [0.4, 0.5) is 0 Å². The normalized spacial score (nSPS) is 27.1. The molecule has 0 aromatic carbocycles. The first-order chi connectivity index (χ1) is 5.79. The highest BCUT2D eigenvalue weighted by molar-refractivity contribution is 5.01. The lowest BCUT2D eigenvalue weighted by Gasteiger charge is -2.26. The lowest BCUT2D eigenvalue weighted by molar-refractivity contribution is -0.218. The van der Waals surface area contributed by atoms with Crippen molar-refractivity contribution in [2.24, 2.45) is 0 Å². The first-order valence-corrected chi connectivity index (χ1v) is 4.49. The van der Waals surface area contributed by atoms with Gasteiger partial charge in [0.25, 0.3) is 0 Å². The number of hydrogen-bond donors (Lipinski definition) is 1. The van der Waals surface area contributed by atoms with Crippen LogP contribution in [0.15, 0.2) is 24.3 Å². The number of hydrogen-bond acceptors (Lipinski definition) is 2. The molecule has 0 heterocycles. The van der Waals surface area contributed by atoms with Gasteiger partial charge in [-0.1, -0.05) is 24.3 Å². The lowest BCUT2D eigenvalue weighted by Crippen LogP contribution is -2.33. The average molecular weight is 166 g/mol. The second-order valence-electron chi connectivity index (χ2n) is 3.51. The van der Waals surface area contributed by atoms with Crippen LogP contribution in [0.5, 0.6) is 0 Å². The third-order valence-electron chi connectivity index (χ3n) is 2.39. The van der Waals surface area contributed by atoms with Crippen LogP contribution >= 0.6 is 0 Å². The van der Waals surface area contributed by atoms with Gasteiger partial charge in [-0.2, -0.15) is 0 Å². The molecule has 0 saturated heterocycles. The van der Waals surface area contributed by atoms with E-state index in [0.29, 0.717) is 12.8 Å². The fourth-order valence-corrected chi connectivity index (χ4v) is 1.71. The number of rotatable bonds is 2. The lowest BCUT2D eigenvalue weighted by atomic mass is 10.2. The van der Waals surface area contributed by atoms with E-state index in [1.165, 1.54) is 0 Å². The van der Waals surface area contributed by atoms with Gasteiger partial charge in [0.2, 0.25) is 0 Å². The van der Waals surface area contributed by atoms with Gasteiger partial charge in [0, 0.05) is 12.8 Å². The molecule has 0 aliphatic heterocycles. The van der Waals surface area contributed by atoms with Crippen LogP contribution in [-0.2, 0) is 4.74 Å². The van der Waals surface area contributed by atoms with Crippen molar-refractivity contribution in [1.29, 1.82) is 0 Å². The second kappa shape index (κ2) is 3.04. The standard InChI is InChI=1S/C10H14O2/c11-10(7-3-4-8-10)12-9-5-1-2-6-9/h1-4,9,11H,5-8H2. The van der Waals surface area contributed by atoms with Crippen LogP contribution in [0.1, 0.15) is 25.7 Å². The summed E-state index contributed by atoms with van der Waals surface area (Å²) in [6.45, 7) is 0. The van der Waals surface area contributed by atoms with E-state index < -0.39 is 5.79 Å². The Labute approximate surface area is 72.5 Å². The second-order valence-corrected chi connectivity index (χ2v) is 3.51. The molecule has 12 heavy (non-hydrogen) atoms. The molecule has 0 amide bonds. The molecule has 1 N–H and O–H groups in total. The van der Waals surface area contributed by atoms with E-state index in [-0.39, 0.29) is 6.10 Å². The van der Waals surface area contributed by atoms with Crippen molar-refractivity contribution >= 4 is 0 Å². The third-order valence-corrected chi connectivity index (χ3v) is 2.39. The van der Waals surface area contributed by atoms with Crippen LogP contribution in [0, 0.1) is 0 Å². The van der Waals surface area contributed by atoms with E-state index in [9.17, 15) is 5.11 Å². The summed E-state index contributed by atoms with van der Waals surface area (Å²) in [5.74, 6) is -0.892. The van der Waals surface area contributed by atoms with Crippen molar-refractivity contribution in [3.63, 3.8) is 0 Å². The minimum atomic E-state index is -0.892. The summed E-state index contributed by atoms with van der Waals surface area (Å²) in [5.41, 5.74) is 0. The summed E-state index contributed by atoms with van der Waals surface area (Å²) < 4.78 is 5.59. The zero-order valence-electron chi connectivity index (χ0n) is 7.07. The van der Waals surface area contributed by atoms with Crippen LogP contribution < -0.4 is 0 Å². The summed E-state index contributed by atoms with van der Waals surface area (Å²) in [6, 6.07) is 0. The van der Waals surface area contributed by atoms with Gasteiger partial charge in [0.05, 0.1) is 6.10 Å². The van der Waals surface area contributed by atoms with Crippen LogP contribution in [-0.4, -0.2) is 17.0 Å². The van der Waals surface area contributed by atoms with Crippen molar-refractivity contribution in [3.8, 4) is 0 Å². The molecule has 0 bridgehead atoms. The highest BCUT2D eigenvalue weighted by Crippen LogP contribution is 2.29. The molecule has 0 radical (unpaired) electrons. The molecule has 2 aliphatic rings. The summed E-state index contributed by atoms with van der Waals surface area (Å²) >= 11 is 0. The molecule has 0 saturated carbocycles. The van der Waals surface area contributed by atoms with E-state index in [4.69, 9.17) is 4.74 Å². The van der Waals surface area contributed by atoms with E-state index in [2.05, 4.69) is 12.2 Å². The Bertz CT molecular complexity index is 202. The molecule has 2 aliphatic carbocycles. The van der Waals surface area contributed by atoms with E-state index in [0.717, 1.165) is 12.8 Å². The predicted molar refractivity (Wildman–Crippen MR) is 46.6 cm³/mol. The number of aliphatic hydroxyl groups is 1. The quantitative estimate of drug-likeness (QED) is 0.500. The molecule has 0 aromatic rings. The Morgan fingerprint density at radius 3 is 2.25 bits per heavy atom. The molecule has 0 atom stereocenters. The van der Waals surface area contributed by atoms with Crippen LogP contribution in [0.3, 0.4) is 0 Å². The first kappa shape index (κ1) is 8.02. The molecule has 2 nitrogen and oxygen atoms in total. The van der Waals surface area contributed by atoms with Crippen LogP contribution in [0.2, 0.25) is 0 Å². The highest BCUT2D eigenvalue weighted by atomic mass is 16.6. The number of ether oxygens (including phenoxy) is 1. The smallest absolute Gasteiger partial charge is 0.172 e. The summed E-state index contributed by atoms with van der Waals surface area (Å²) in [7, 11) is 0. The monoisotopic (exact) mass is 166 g/mol. The van der Waals surface area contributed by atoms with Crippen LogP contribution in [0.25, 0.3) is 0 Å². The van der Waals surface area contributed by atoms with Gasteiger partial charge < -0.3 is 9.84 Å². The molecule has 2 rings (SSSR count). The molecule has 0 unspecified atom stereocenters. The summed E-state index contributed by atoms with van der Waals surface area (Å²) in [5, 5.41) is 9.84. The maximum Gasteiger partial charge on any atom is 0.172 e. The SMILES string of the molecule is OC1(OC2CC=CC2)CC=CC1.